The summed E-state index contributed by atoms with van der Waals surface area (Å²) in [6.07, 6.45) is 1.44. The van der Waals surface area contributed by atoms with Crippen LogP contribution in [-0.4, -0.2) is 17.0 Å². The molecular formula is C20H21NO. The van der Waals surface area contributed by atoms with Gasteiger partial charge in [-0.05, 0) is 25.8 Å². The molecule has 3 rings (SSSR count). The Morgan fingerprint density at radius 3 is 2.41 bits per heavy atom. The third-order valence-electron chi connectivity index (χ3n) is 4.11. The summed E-state index contributed by atoms with van der Waals surface area (Å²) in [5.74, 6) is 0.166. The Morgan fingerprint density at radius 2 is 1.68 bits per heavy atom. The quantitative estimate of drug-likeness (QED) is 0.768. The predicted molar refractivity (Wildman–Crippen MR) is 90.9 cm³/mol. The van der Waals surface area contributed by atoms with Crippen molar-refractivity contribution in [3.05, 3.63) is 70.8 Å². The van der Waals surface area contributed by atoms with Crippen molar-refractivity contribution in [2.75, 3.05) is 0 Å². The molecule has 0 amide bonds. The standard InChI is InChI=1S/C20H21NO/c1-4-18(22)16-11-7-8-12-17(16)19-15-10-6-5-9-14(15)13-20(2,3)21-19/h5-12H,4,13H2,1-3H3. The zero-order valence-corrected chi connectivity index (χ0v) is 13.4. The number of hydrogen-bond donors (Lipinski definition) is 0. The number of fused-ring (bicyclic) bond motifs is 1. The zero-order valence-electron chi connectivity index (χ0n) is 13.4. The minimum atomic E-state index is -0.147. The molecule has 0 aliphatic carbocycles. The second-order valence-electron chi connectivity index (χ2n) is 6.43. The first-order chi connectivity index (χ1) is 10.5. The summed E-state index contributed by atoms with van der Waals surface area (Å²) in [4.78, 5) is 17.3. The minimum Gasteiger partial charge on any atom is -0.294 e. The zero-order chi connectivity index (χ0) is 15.7. The van der Waals surface area contributed by atoms with E-state index in [1.54, 1.807) is 0 Å². The molecule has 1 aliphatic heterocycles. The highest BCUT2D eigenvalue weighted by atomic mass is 16.1. The Balaban J connectivity index is 2.23. The van der Waals surface area contributed by atoms with Gasteiger partial charge in [-0.1, -0.05) is 55.5 Å². The van der Waals surface area contributed by atoms with Gasteiger partial charge in [0.1, 0.15) is 0 Å². The monoisotopic (exact) mass is 291 g/mol. The van der Waals surface area contributed by atoms with Crippen LogP contribution in [0.3, 0.4) is 0 Å². The van der Waals surface area contributed by atoms with E-state index in [0.29, 0.717) is 6.42 Å². The van der Waals surface area contributed by atoms with E-state index in [2.05, 4.69) is 32.0 Å². The van der Waals surface area contributed by atoms with Crippen LogP contribution in [0.2, 0.25) is 0 Å². The van der Waals surface area contributed by atoms with Crippen molar-refractivity contribution in [1.29, 1.82) is 0 Å². The van der Waals surface area contributed by atoms with Crippen LogP contribution in [-0.2, 0) is 6.42 Å². The SMILES string of the molecule is CCC(=O)c1ccccc1C1=NC(C)(C)Cc2ccccc21. The summed E-state index contributed by atoms with van der Waals surface area (Å²) in [6, 6.07) is 16.2. The lowest BCUT2D eigenvalue weighted by Crippen LogP contribution is -2.30. The van der Waals surface area contributed by atoms with Crippen molar-refractivity contribution >= 4 is 11.5 Å². The van der Waals surface area contributed by atoms with Crippen LogP contribution >= 0.6 is 0 Å². The van der Waals surface area contributed by atoms with E-state index in [4.69, 9.17) is 4.99 Å². The second kappa shape index (κ2) is 5.53. The van der Waals surface area contributed by atoms with Crippen LogP contribution in [0.1, 0.15) is 54.2 Å². The van der Waals surface area contributed by atoms with Crippen molar-refractivity contribution in [2.24, 2.45) is 4.99 Å². The van der Waals surface area contributed by atoms with Crippen molar-refractivity contribution in [3.8, 4) is 0 Å². The van der Waals surface area contributed by atoms with Gasteiger partial charge in [-0.3, -0.25) is 9.79 Å². The predicted octanol–water partition coefficient (Wildman–Crippen LogP) is 4.45. The fourth-order valence-electron chi connectivity index (χ4n) is 3.10. The topological polar surface area (TPSA) is 29.4 Å². The van der Waals surface area contributed by atoms with Gasteiger partial charge in [0.15, 0.2) is 5.78 Å². The third-order valence-corrected chi connectivity index (χ3v) is 4.11. The number of ketones is 1. The van der Waals surface area contributed by atoms with E-state index in [-0.39, 0.29) is 11.3 Å². The molecule has 0 unspecified atom stereocenters. The van der Waals surface area contributed by atoms with E-state index in [1.807, 2.05) is 37.3 Å². The second-order valence-corrected chi connectivity index (χ2v) is 6.43. The number of aliphatic imine (C=N–C) groups is 1. The molecule has 0 saturated carbocycles. The Morgan fingerprint density at radius 1 is 1.05 bits per heavy atom. The molecule has 0 spiro atoms. The van der Waals surface area contributed by atoms with Crippen molar-refractivity contribution in [3.63, 3.8) is 0 Å². The third kappa shape index (κ3) is 2.61. The molecule has 0 bridgehead atoms. The molecule has 1 aliphatic rings. The van der Waals surface area contributed by atoms with E-state index < -0.39 is 0 Å². The summed E-state index contributed by atoms with van der Waals surface area (Å²) in [5, 5.41) is 0. The van der Waals surface area contributed by atoms with Gasteiger partial charge >= 0.3 is 0 Å². The van der Waals surface area contributed by atoms with E-state index >= 15 is 0 Å². The summed E-state index contributed by atoms with van der Waals surface area (Å²) < 4.78 is 0. The first kappa shape index (κ1) is 14.7. The summed E-state index contributed by atoms with van der Waals surface area (Å²) in [7, 11) is 0. The van der Waals surface area contributed by atoms with E-state index in [0.717, 1.165) is 28.8 Å². The molecule has 2 aromatic carbocycles. The number of carbonyl (C=O) groups excluding carboxylic acids is 1. The van der Waals surface area contributed by atoms with Crippen LogP contribution in [0.4, 0.5) is 0 Å². The fraction of sp³-hybridized carbons (Fsp3) is 0.300. The van der Waals surface area contributed by atoms with Crippen molar-refractivity contribution < 1.29 is 4.79 Å². The summed E-state index contributed by atoms with van der Waals surface area (Å²) in [6.45, 7) is 6.19. The fourth-order valence-corrected chi connectivity index (χ4v) is 3.10. The summed E-state index contributed by atoms with van der Waals surface area (Å²) in [5.41, 5.74) is 4.98. The molecule has 2 nitrogen and oxygen atoms in total. The van der Waals surface area contributed by atoms with Crippen LogP contribution in [0.25, 0.3) is 0 Å². The normalized spacial score (nSPS) is 15.9. The Kier molecular flexibility index (Phi) is 3.69. The molecule has 2 aromatic rings. The highest BCUT2D eigenvalue weighted by Gasteiger charge is 2.28. The largest absolute Gasteiger partial charge is 0.294 e. The molecular weight excluding hydrogens is 270 g/mol. The van der Waals surface area contributed by atoms with E-state index in [9.17, 15) is 4.79 Å². The molecule has 2 heteroatoms. The number of benzene rings is 2. The lowest BCUT2D eigenvalue weighted by Gasteiger charge is -2.29. The molecule has 0 saturated heterocycles. The smallest absolute Gasteiger partial charge is 0.163 e. The molecule has 112 valence electrons. The van der Waals surface area contributed by atoms with Crippen molar-refractivity contribution in [1.82, 2.24) is 0 Å². The molecule has 0 aromatic heterocycles. The lowest BCUT2D eigenvalue weighted by molar-refractivity contribution is 0.0988. The van der Waals surface area contributed by atoms with E-state index in [1.165, 1.54) is 5.56 Å². The van der Waals surface area contributed by atoms with Gasteiger partial charge in [0.25, 0.3) is 0 Å². The number of Topliss-reactive ketones (excluding diaryl/α,β-unsaturated/α-hetero) is 1. The van der Waals surface area contributed by atoms with Gasteiger partial charge in [-0.2, -0.15) is 0 Å². The maximum atomic E-state index is 12.3. The van der Waals surface area contributed by atoms with Crippen molar-refractivity contribution in [2.45, 2.75) is 39.2 Å². The maximum absolute atomic E-state index is 12.3. The number of rotatable bonds is 3. The van der Waals surface area contributed by atoms with Gasteiger partial charge in [0.2, 0.25) is 0 Å². The van der Waals surface area contributed by atoms with Gasteiger partial charge < -0.3 is 0 Å². The van der Waals surface area contributed by atoms with Gasteiger partial charge in [0.05, 0.1) is 11.3 Å². The molecule has 22 heavy (non-hydrogen) atoms. The lowest BCUT2D eigenvalue weighted by atomic mass is 9.83. The average molecular weight is 291 g/mol. The first-order valence-corrected chi connectivity index (χ1v) is 7.82. The highest BCUT2D eigenvalue weighted by Crippen LogP contribution is 2.30. The number of nitrogens with zero attached hydrogens (tertiary/aromatic N) is 1. The van der Waals surface area contributed by atoms with Gasteiger partial charge in [-0.15, -0.1) is 0 Å². The molecule has 0 atom stereocenters. The van der Waals surface area contributed by atoms with Crippen LogP contribution < -0.4 is 0 Å². The Labute approximate surface area is 131 Å². The minimum absolute atomic E-state index is 0.147. The maximum Gasteiger partial charge on any atom is 0.163 e. The van der Waals surface area contributed by atoms with Gasteiger partial charge in [-0.25, -0.2) is 0 Å². The molecule has 0 radical (unpaired) electrons. The van der Waals surface area contributed by atoms with Crippen LogP contribution in [0.15, 0.2) is 53.5 Å². The van der Waals surface area contributed by atoms with Crippen LogP contribution in [0.5, 0.6) is 0 Å². The first-order valence-electron chi connectivity index (χ1n) is 7.82. The number of carbonyl (C=O) groups is 1. The Hall–Kier alpha value is -2.22. The highest BCUT2D eigenvalue weighted by molar-refractivity contribution is 6.19. The Bertz CT molecular complexity index is 756. The molecule has 0 fully saturated rings. The average Bonchev–Trinajstić information content (AvgIpc) is 2.52. The summed E-state index contributed by atoms with van der Waals surface area (Å²) >= 11 is 0. The molecule has 0 N–H and O–H groups in total. The van der Waals surface area contributed by atoms with Crippen LogP contribution in [0, 0.1) is 0 Å². The number of hydrogen-bond acceptors (Lipinski definition) is 2. The molecule has 1 heterocycles. The van der Waals surface area contributed by atoms with Gasteiger partial charge in [0, 0.05) is 23.1 Å².